The molecule has 1 amide bonds. The van der Waals surface area contributed by atoms with E-state index in [1.165, 1.54) is 0 Å². The van der Waals surface area contributed by atoms with Gasteiger partial charge in [-0.05, 0) is 19.2 Å². The lowest BCUT2D eigenvalue weighted by atomic mass is 10.1. The van der Waals surface area contributed by atoms with E-state index in [0.717, 1.165) is 24.3 Å². The number of likely N-dealkylation sites (N-methyl/N-ethyl adjacent to an activating group) is 1. The van der Waals surface area contributed by atoms with Crippen LogP contribution in [0.4, 0.5) is 0 Å². The van der Waals surface area contributed by atoms with Gasteiger partial charge in [0.15, 0.2) is 5.65 Å². The van der Waals surface area contributed by atoms with Crippen LogP contribution >= 0.6 is 11.6 Å². The van der Waals surface area contributed by atoms with Crippen molar-refractivity contribution in [2.24, 2.45) is 0 Å². The molecular formula is C18H21ClN6O. The van der Waals surface area contributed by atoms with Crippen LogP contribution in [0.3, 0.4) is 0 Å². The fraction of sp³-hybridized carbons (Fsp3) is 0.444. The minimum Gasteiger partial charge on any atom is -0.336 e. The Balaban J connectivity index is 1.96. The van der Waals surface area contributed by atoms with Gasteiger partial charge in [0, 0.05) is 43.7 Å². The molecule has 26 heavy (non-hydrogen) atoms. The zero-order valence-corrected chi connectivity index (χ0v) is 15.9. The predicted octanol–water partition coefficient (Wildman–Crippen LogP) is 2.44. The number of carbonyl (C=O) groups excluding carboxylic acids is 1. The number of aromatic nitrogens is 4. The number of fused-ring (bicyclic) bond motifs is 3. The molecule has 0 atom stereocenters. The molecular weight excluding hydrogens is 352 g/mol. The molecule has 0 saturated carbocycles. The van der Waals surface area contributed by atoms with Gasteiger partial charge in [0.05, 0.1) is 5.02 Å². The van der Waals surface area contributed by atoms with E-state index in [0.29, 0.717) is 35.0 Å². The van der Waals surface area contributed by atoms with E-state index >= 15 is 0 Å². The largest absolute Gasteiger partial charge is 0.336 e. The molecule has 1 aliphatic rings. The van der Waals surface area contributed by atoms with Gasteiger partial charge in [-0.2, -0.15) is 0 Å². The fourth-order valence-corrected chi connectivity index (χ4v) is 3.69. The Morgan fingerprint density at radius 3 is 2.58 bits per heavy atom. The number of rotatable bonds is 2. The first-order valence-corrected chi connectivity index (χ1v) is 9.16. The van der Waals surface area contributed by atoms with Gasteiger partial charge in [0.1, 0.15) is 17.0 Å². The van der Waals surface area contributed by atoms with Gasteiger partial charge in [-0.3, -0.25) is 9.20 Å². The molecule has 0 aromatic carbocycles. The van der Waals surface area contributed by atoms with E-state index < -0.39 is 0 Å². The number of nitrogens with zero attached hydrogens (tertiary/aromatic N) is 6. The summed E-state index contributed by atoms with van der Waals surface area (Å²) in [7, 11) is 2.06. The van der Waals surface area contributed by atoms with Gasteiger partial charge < -0.3 is 9.80 Å². The van der Waals surface area contributed by atoms with Crippen LogP contribution in [0.1, 0.15) is 35.9 Å². The van der Waals surface area contributed by atoms with E-state index in [1.54, 1.807) is 6.20 Å². The van der Waals surface area contributed by atoms with Crippen LogP contribution in [0.2, 0.25) is 5.02 Å². The molecule has 1 aliphatic heterocycles. The summed E-state index contributed by atoms with van der Waals surface area (Å²) in [5, 5.41) is 9.77. The van der Waals surface area contributed by atoms with E-state index in [4.69, 9.17) is 11.6 Å². The standard InChI is InChI=1S/C18H21ClN6O/c1-11(2)15-21-22-17-13(18(26)24-9-7-23(3)8-10-24)14(19)12-5-4-6-20-16(12)25(15)17/h4-6,11H,7-10H2,1-3H3. The maximum Gasteiger partial charge on any atom is 0.259 e. The molecule has 1 saturated heterocycles. The molecule has 3 aromatic rings. The first kappa shape index (κ1) is 17.2. The second kappa shape index (κ2) is 6.48. The van der Waals surface area contributed by atoms with Crippen LogP contribution < -0.4 is 0 Å². The van der Waals surface area contributed by atoms with Gasteiger partial charge >= 0.3 is 0 Å². The average Bonchev–Trinajstić information content (AvgIpc) is 3.07. The Morgan fingerprint density at radius 2 is 1.88 bits per heavy atom. The Morgan fingerprint density at radius 1 is 1.15 bits per heavy atom. The van der Waals surface area contributed by atoms with Crippen LogP contribution in [0.5, 0.6) is 0 Å². The molecule has 7 nitrogen and oxygen atoms in total. The normalized spacial score (nSPS) is 16.1. The Bertz CT molecular complexity index is 990. The zero-order valence-electron chi connectivity index (χ0n) is 15.1. The lowest BCUT2D eigenvalue weighted by Crippen LogP contribution is -2.47. The van der Waals surface area contributed by atoms with Crippen molar-refractivity contribution >= 4 is 34.2 Å². The molecule has 0 unspecified atom stereocenters. The summed E-state index contributed by atoms with van der Waals surface area (Å²) in [4.78, 5) is 21.8. The molecule has 8 heteroatoms. The molecule has 0 N–H and O–H groups in total. The Kier molecular flexibility index (Phi) is 4.28. The van der Waals surface area contributed by atoms with Gasteiger partial charge in [0.25, 0.3) is 5.91 Å². The molecule has 4 rings (SSSR count). The molecule has 0 bridgehead atoms. The highest BCUT2D eigenvalue weighted by molar-refractivity contribution is 6.39. The molecule has 0 radical (unpaired) electrons. The molecule has 0 spiro atoms. The second-order valence-electron chi connectivity index (χ2n) is 7.03. The lowest BCUT2D eigenvalue weighted by Gasteiger charge is -2.32. The average molecular weight is 373 g/mol. The van der Waals surface area contributed by atoms with E-state index in [-0.39, 0.29) is 11.8 Å². The summed E-state index contributed by atoms with van der Waals surface area (Å²) in [6.07, 6.45) is 1.71. The molecule has 0 aliphatic carbocycles. The molecule has 3 aromatic heterocycles. The number of hydrogen-bond donors (Lipinski definition) is 0. The van der Waals surface area contributed by atoms with E-state index in [2.05, 4.69) is 27.1 Å². The SMILES string of the molecule is CC(C)c1nnc2c(C(=O)N3CCN(C)CC3)c(Cl)c3cccnc3n12. The number of halogens is 1. The highest BCUT2D eigenvalue weighted by Crippen LogP contribution is 2.32. The highest BCUT2D eigenvalue weighted by Gasteiger charge is 2.28. The van der Waals surface area contributed by atoms with Crippen molar-refractivity contribution in [2.75, 3.05) is 33.2 Å². The summed E-state index contributed by atoms with van der Waals surface area (Å²) < 4.78 is 1.87. The van der Waals surface area contributed by atoms with Crippen LogP contribution in [-0.4, -0.2) is 68.5 Å². The van der Waals surface area contributed by atoms with Crippen LogP contribution in [-0.2, 0) is 0 Å². The minimum absolute atomic E-state index is 0.0958. The summed E-state index contributed by atoms with van der Waals surface area (Å²) in [5.74, 6) is 0.817. The highest BCUT2D eigenvalue weighted by atomic mass is 35.5. The molecule has 4 heterocycles. The fourth-order valence-electron chi connectivity index (χ4n) is 3.38. The Hall–Kier alpha value is -2.25. The van der Waals surface area contributed by atoms with Gasteiger partial charge in [-0.25, -0.2) is 4.98 Å². The van der Waals surface area contributed by atoms with Crippen molar-refractivity contribution in [3.8, 4) is 0 Å². The maximum atomic E-state index is 13.3. The quantitative estimate of drug-likeness (QED) is 0.691. The summed E-state index contributed by atoms with van der Waals surface area (Å²) >= 11 is 6.67. The van der Waals surface area contributed by atoms with E-state index in [9.17, 15) is 4.79 Å². The van der Waals surface area contributed by atoms with E-state index in [1.807, 2.05) is 35.3 Å². The minimum atomic E-state index is -0.0958. The second-order valence-corrected chi connectivity index (χ2v) is 7.41. The number of piperazine rings is 1. The van der Waals surface area contributed by atoms with Crippen LogP contribution in [0.25, 0.3) is 16.7 Å². The third kappa shape index (κ3) is 2.62. The molecule has 1 fully saturated rings. The Labute approximate surface area is 156 Å². The zero-order chi connectivity index (χ0) is 18.4. The monoisotopic (exact) mass is 372 g/mol. The predicted molar refractivity (Wildman–Crippen MR) is 101 cm³/mol. The van der Waals surface area contributed by atoms with Crippen LogP contribution in [0, 0.1) is 0 Å². The number of hydrogen-bond acceptors (Lipinski definition) is 5. The van der Waals surface area contributed by atoms with Crippen molar-refractivity contribution < 1.29 is 4.79 Å². The van der Waals surface area contributed by atoms with Crippen molar-refractivity contribution in [1.82, 2.24) is 29.4 Å². The van der Waals surface area contributed by atoms with Crippen molar-refractivity contribution in [1.29, 1.82) is 0 Å². The lowest BCUT2D eigenvalue weighted by molar-refractivity contribution is 0.0666. The first-order chi connectivity index (χ1) is 12.5. The van der Waals surface area contributed by atoms with Crippen LogP contribution in [0.15, 0.2) is 18.3 Å². The van der Waals surface area contributed by atoms with Crippen molar-refractivity contribution in [3.05, 3.63) is 34.7 Å². The summed E-state index contributed by atoms with van der Waals surface area (Å²) in [6.45, 7) is 7.13. The van der Waals surface area contributed by atoms with Crippen molar-refractivity contribution in [3.63, 3.8) is 0 Å². The number of carbonyl (C=O) groups is 1. The number of pyridine rings is 2. The summed E-state index contributed by atoms with van der Waals surface area (Å²) in [6, 6.07) is 3.71. The number of amides is 1. The van der Waals surface area contributed by atoms with Gasteiger partial charge in [0.2, 0.25) is 0 Å². The maximum absolute atomic E-state index is 13.3. The third-order valence-corrected chi connectivity index (χ3v) is 5.28. The molecule has 136 valence electrons. The van der Waals surface area contributed by atoms with Crippen molar-refractivity contribution in [2.45, 2.75) is 19.8 Å². The van der Waals surface area contributed by atoms with Gasteiger partial charge in [-0.15, -0.1) is 10.2 Å². The topological polar surface area (TPSA) is 66.6 Å². The summed E-state index contributed by atoms with van der Waals surface area (Å²) in [5.41, 5.74) is 1.57. The smallest absolute Gasteiger partial charge is 0.259 e. The first-order valence-electron chi connectivity index (χ1n) is 8.78. The third-order valence-electron chi connectivity index (χ3n) is 4.89. The van der Waals surface area contributed by atoms with Gasteiger partial charge in [-0.1, -0.05) is 25.4 Å².